The molecule has 1 aliphatic heterocycles. The average molecular weight is 495 g/mol. The molecule has 188 valence electrons. The zero-order chi connectivity index (χ0) is 26.0. The van der Waals surface area contributed by atoms with E-state index in [1.165, 1.54) is 0 Å². The summed E-state index contributed by atoms with van der Waals surface area (Å²) in [5.41, 5.74) is 4.44. The van der Waals surface area contributed by atoms with Gasteiger partial charge in [-0.05, 0) is 64.1 Å². The highest BCUT2D eigenvalue weighted by molar-refractivity contribution is 6.04. The quantitative estimate of drug-likeness (QED) is 0.412. The smallest absolute Gasteiger partial charge is 0.256 e. The molecule has 0 spiro atoms. The van der Waals surface area contributed by atoms with Gasteiger partial charge in [-0.3, -0.25) is 14.8 Å². The first-order chi connectivity index (χ1) is 17.7. The molecule has 0 aliphatic carbocycles. The highest BCUT2D eigenvalue weighted by Gasteiger charge is 2.15. The summed E-state index contributed by atoms with van der Waals surface area (Å²) in [6.07, 6.45) is 9.84. The lowest BCUT2D eigenvalue weighted by Gasteiger charge is -2.21. The van der Waals surface area contributed by atoms with E-state index >= 15 is 0 Å². The molecule has 5 rings (SSSR count). The van der Waals surface area contributed by atoms with Gasteiger partial charge in [0.1, 0.15) is 17.3 Å². The van der Waals surface area contributed by atoms with Crippen molar-refractivity contribution in [2.75, 3.05) is 30.8 Å². The molecule has 0 bridgehead atoms. The summed E-state index contributed by atoms with van der Waals surface area (Å²) in [4.78, 5) is 37.9. The minimum absolute atomic E-state index is 0.136. The number of carbonyl (C=O) groups excluding carboxylic acids is 1. The minimum atomic E-state index is -0.244. The Kier molecular flexibility index (Phi) is 6.62. The Morgan fingerprint density at radius 1 is 0.946 bits per heavy atom. The SMILES string of the molecule is CN1CC=C(c2cc(C(=O)Nc3cc4nc(-c5cncc(NC(C)(C)C)n5)ccc4cn3)ccn2)CC1. The second-order valence-electron chi connectivity index (χ2n) is 10.2. The molecule has 1 amide bonds. The average Bonchev–Trinajstić information content (AvgIpc) is 2.88. The highest BCUT2D eigenvalue weighted by atomic mass is 16.1. The van der Waals surface area contributed by atoms with Crippen molar-refractivity contribution in [1.29, 1.82) is 0 Å². The number of hydrogen-bond acceptors (Lipinski definition) is 8. The van der Waals surface area contributed by atoms with E-state index < -0.39 is 0 Å². The molecule has 37 heavy (non-hydrogen) atoms. The lowest BCUT2D eigenvalue weighted by Crippen LogP contribution is -2.26. The van der Waals surface area contributed by atoms with Crippen LogP contribution in [0.2, 0.25) is 0 Å². The molecular weight excluding hydrogens is 464 g/mol. The van der Waals surface area contributed by atoms with Crippen LogP contribution < -0.4 is 10.6 Å². The number of nitrogens with zero attached hydrogens (tertiary/aromatic N) is 6. The molecule has 0 radical (unpaired) electrons. The summed E-state index contributed by atoms with van der Waals surface area (Å²) < 4.78 is 0. The van der Waals surface area contributed by atoms with Gasteiger partial charge in [0.15, 0.2) is 0 Å². The van der Waals surface area contributed by atoms with Crippen LogP contribution in [0.3, 0.4) is 0 Å². The molecule has 2 N–H and O–H groups in total. The Balaban J connectivity index is 1.37. The fraction of sp³-hybridized carbons (Fsp3) is 0.286. The standard InChI is InChI=1S/C28H30N8O/c1-28(2,3)35-26-17-29-16-24(33-26)21-6-5-20-15-31-25(14-23(20)32-21)34-27(37)19-7-10-30-22(13-19)18-8-11-36(4)12-9-18/h5-8,10,13-17H,9,11-12H2,1-4H3,(H,33,35)(H,31,34,37). The van der Waals surface area contributed by atoms with Crippen LogP contribution in [0.1, 0.15) is 43.2 Å². The van der Waals surface area contributed by atoms with Crippen LogP contribution in [0.15, 0.2) is 61.2 Å². The number of amides is 1. The van der Waals surface area contributed by atoms with E-state index in [-0.39, 0.29) is 11.4 Å². The first kappa shape index (κ1) is 24.5. The molecule has 0 saturated carbocycles. The van der Waals surface area contributed by atoms with E-state index in [0.717, 1.165) is 36.2 Å². The summed E-state index contributed by atoms with van der Waals surface area (Å²) >= 11 is 0. The minimum Gasteiger partial charge on any atom is -0.364 e. The number of fused-ring (bicyclic) bond motifs is 1. The summed E-state index contributed by atoms with van der Waals surface area (Å²) in [7, 11) is 2.09. The van der Waals surface area contributed by atoms with E-state index in [4.69, 9.17) is 4.98 Å². The predicted molar refractivity (Wildman–Crippen MR) is 146 cm³/mol. The van der Waals surface area contributed by atoms with Crippen LogP contribution in [-0.2, 0) is 0 Å². The largest absolute Gasteiger partial charge is 0.364 e. The molecule has 0 atom stereocenters. The summed E-state index contributed by atoms with van der Waals surface area (Å²) in [5.74, 6) is 0.863. The Bertz CT molecular complexity index is 1490. The van der Waals surface area contributed by atoms with Crippen molar-refractivity contribution in [3.8, 4) is 11.4 Å². The van der Waals surface area contributed by atoms with E-state index in [2.05, 4.69) is 69.4 Å². The molecule has 0 aromatic carbocycles. The van der Waals surface area contributed by atoms with Gasteiger partial charge < -0.3 is 15.5 Å². The third-order valence-electron chi connectivity index (χ3n) is 5.98. The third-order valence-corrected chi connectivity index (χ3v) is 5.98. The summed E-state index contributed by atoms with van der Waals surface area (Å²) in [6, 6.07) is 9.14. The van der Waals surface area contributed by atoms with E-state index in [1.807, 2.05) is 18.2 Å². The zero-order valence-corrected chi connectivity index (χ0v) is 21.5. The molecule has 9 heteroatoms. The van der Waals surface area contributed by atoms with Crippen molar-refractivity contribution in [3.63, 3.8) is 0 Å². The van der Waals surface area contributed by atoms with Gasteiger partial charge in [-0.15, -0.1) is 0 Å². The van der Waals surface area contributed by atoms with E-state index in [0.29, 0.717) is 34.1 Å². The molecule has 1 aliphatic rings. The number of aromatic nitrogens is 5. The van der Waals surface area contributed by atoms with Gasteiger partial charge >= 0.3 is 0 Å². The molecule has 9 nitrogen and oxygen atoms in total. The Labute approximate surface area is 216 Å². The molecule has 0 saturated heterocycles. The lowest BCUT2D eigenvalue weighted by molar-refractivity contribution is 0.102. The number of carbonyl (C=O) groups is 1. The Morgan fingerprint density at radius 2 is 1.81 bits per heavy atom. The van der Waals surface area contributed by atoms with Crippen molar-refractivity contribution >= 4 is 34.0 Å². The number of nitrogens with one attached hydrogen (secondary N) is 2. The van der Waals surface area contributed by atoms with Gasteiger partial charge in [0.25, 0.3) is 5.91 Å². The predicted octanol–water partition coefficient (Wildman–Crippen LogP) is 4.66. The van der Waals surface area contributed by atoms with Crippen LogP contribution in [-0.4, -0.2) is 61.4 Å². The van der Waals surface area contributed by atoms with Crippen molar-refractivity contribution < 1.29 is 4.79 Å². The van der Waals surface area contributed by atoms with Crippen LogP contribution in [0.25, 0.3) is 27.9 Å². The molecule has 4 aromatic heterocycles. The Morgan fingerprint density at radius 3 is 2.59 bits per heavy atom. The fourth-order valence-corrected chi connectivity index (χ4v) is 4.10. The summed E-state index contributed by atoms with van der Waals surface area (Å²) in [6.45, 7) is 8.06. The molecule has 0 unspecified atom stereocenters. The maximum atomic E-state index is 13.0. The third kappa shape index (κ3) is 5.95. The number of likely N-dealkylation sites (N-methyl/N-ethyl adjacent to an activating group) is 1. The van der Waals surface area contributed by atoms with Crippen molar-refractivity contribution in [2.24, 2.45) is 0 Å². The van der Waals surface area contributed by atoms with Crippen molar-refractivity contribution in [3.05, 3.63) is 72.5 Å². The lowest BCUT2D eigenvalue weighted by atomic mass is 10.0. The fourth-order valence-electron chi connectivity index (χ4n) is 4.10. The topological polar surface area (TPSA) is 109 Å². The second kappa shape index (κ2) is 10.0. The first-order valence-electron chi connectivity index (χ1n) is 12.3. The maximum absolute atomic E-state index is 13.0. The van der Waals surface area contributed by atoms with Crippen LogP contribution in [0.5, 0.6) is 0 Å². The second-order valence-corrected chi connectivity index (χ2v) is 10.2. The van der Waals surface area contributed by atoms with Crippen LogP contribution in [0.4, 0.5) is 11.6 Å². The van der Waals surface area contributed by atoms with Gasteiger partial charge in [0.2, 0.25) is 0 Å². The van der Waals surface area contributed by atoms with Gasteiger partial charge in [-0.25, -0.2) is 15.0 Å². The summed E-state index contributed by atoms with van der Waals surface area (Å²) in [5, 5.41) is 7.09. The number of pyridine rings is 3. The molecule has 4 aromatic rings. The zero-order valence-electron chi connectivity index (χ0n) is 21.5. The number of rotatable bonds is 5. The highest BCUT2D eigenvalue weighted by Crippen LogP contribution is 2.24. The van der Waals surface area contributed by atoms with Gasteiger partial charge in [-0.1, -0.05) is 6.08 Å². The Hall–Kier alpha value is -4.24. The van der Waals surface area contributed by atoms with Gasteiger partial charge in [-0.2, -0.15) is 0 Å². The van der Waals surface area contributed by atoms with Crippen LogP contribution in [0, 0.1) is 0 Å². The first-order valence-corrected chi connectivity index (χ1v) is 12.3. The van der Waals surface area contributed by atoms with Crippen LogP contribution >= 0.6 is 0 Å². The number of anilines is 2. The molecular formula is C28H30N8O. The maximum Gasteiger partial charge on any atom is 0.256 e. The molecule has 0 fully saturated rings. The van der Waals surface area contributed by atoms with Gasteiger partial charge in [0, 0.05) is 48.0 Å². The molecule has 5 heterocycles. The van der Waals surface area contributed by atoms with Gasteiger partial charge in [0.05, 0.1) is 29.3 Å². The number of hydrogen-bond donors (Lipinski definition) is 2. The van der Waals surface area contributed by atoms with Crippen molar-refractivity contribution in [2.45, 2.75) is 32.7 Å². The normalized spacial score (nSPS) is 14.3. The van der Waals surface area contributed by atoms with Crippen molar-refractivity contribution in [1.82, 2.24) is 29.8 Å². The van der Waals surface area contributed by atoms with E-state index in [9.17, 15) is 4.79 Å². The van der Waals surface area contributed by atoms with E-state index in [1.54, 1.807) is 36.9 Å². The monoisotopic (exact) mass is 494 g/mol.